The first-order chi connectivity index (χ1) is 7.82. The van der Waals surface area contributed by atoms with Gasteiger partial charge in [-0.3, -0.25) is 0 Å². The van der Waals surface area contributed by atoms with Crippen molar-refractivity contribution in [1.82, 2.24) is 0 Å². The number of ether oxygens (including phenoxy) is 1. The lowest BCUT2D eigenvalue weighted by atomic mass is 10.3. The van der Waals surface area contributed by atoms with Gasteiger partial charge in [-0.15, -0.1) is 0 Å². The van der Waals surface area contributed by atoms with Crippen LogP contribution < -0.4 is 5.73 Å². The van der Waals surface area contributed by atoms with Crippen LogP contribution in [-0.4, -0.2) is 32.5 Å². The largest absolute Gasteiger partial charge is 0.504 e. The minimum Gasteiger partial charge on any atom is -0.504 e. The number of hydrogen-bond donors (Lipinski definition) is 2. The maximum Gasteiger partial charge on any atom is 0.188 e. The number of hydrogen-bond acceptors (Lipinski definition) is 5. The molecule has 0 fully saturated rings. The van der Waals surface area contributed by atoms with E-state index < -0.39 is 20.8 Å². The van der Waals surface area contributed by atoms with Gasteiger partial charge < -0.3 is 15.6 Å². The van der Waals surface area contributed by atoms with E-state index in [1.54, 1.807) is 0 Å². The molecule has 17 heavy (non-hydrogen) atoms. The van der Waals surface area contributed by atoms with Crippen molar-refractivity contribution < 1.29 is 18.3 Å². The summed E-state index contributed by atoms with van der Waals surface area (Å²) in [6.07, 6.45) is 0. The van der Waals surface area contributed by atoms with E-state index in [1.165, 1.54) is 26.2 Å². The highest BCUT2D eigenvalue weighted by Crippen LogP contribution is 2.37. The highest BCUT2D eigenvalue weighted by molar-refractivity contribution is 7.92. The Morgan fingerprint density at radius 2 is 2.12 bits per heavy atom. The molecule has 5 nitrogen and oxygen atoms in total. The molecule has 0 saturated carbocycles. The number of aromatic hydroxyl groups is 1. The minimum atomic E-state index is -3.77. The molecule has 1 aromatic rings. The summed E-state index contributed by atoms with van der Waals surface area (Å²) in [5.74, 6) is -0.513. The molecule has 1 atom stereocenters. The molecule has 0 aliphatic rings. The van der Waals surface area contributed by atoms with Crippen LogP contribution in [0.5, 0.6) is 5.75 Å². The van der Waals surface area contributed by atoms with Gasteiger partial charge in [-0.05, 0) is 19.1 Å². The van der Waals surface area contributed by atoms with Gasteiger partial charge in [-0.1, -0.05) is 11.6 Å². The fourth-order valence-corrected chi connectivity index (χ4v) is 3.28. The van der Waals surface area contributed by atoms with Crippen molar-refractivity contribution in [2.75, 3.05) is 19.5 Å². The molecule has 0 heterocycles. The Morgan fingerprint density at radius 1 is 1.53 bits per heavy atom. The Hall–Kier alpha value is -0.980. The van der Waals surface area contributed by atoms with Crippen molar-refractivity contribution in [3.63, 3.8) is 0 Å². The van der Waals surface area contributed by atoms with Crippen molar-refractivity contribution in [1.29, 1.82) is 0 Å². The summed E-state index contributed by atoms with van der Waals surface area (Å²) in [6, 6.07) is 2.68. The summed E-state index contributed by atoms with van der Waals surface area (Å²) in [6.45, 7) is 1.48. The second-order valence-corrected chi connectivity index (χ2v) is 6.34. The van der Waals surface area contributed by atoms with E-state index in [0.717, 1.165) is 0 Å². The number of methoxy groups -OCH3 is 1. The van der Waals surface area contributed by atoms with Crippen LogP contribution in [0.2, 0.25) is 5.02 Å². The van der Waals surface area contributed by atoms with Crippen LogP contribution in [0.25, 0.3) is 0 Å². The van der Waals surface area contributed by atoms with E-state index in [1.807, 2.05) is 0 Å². The molecule has 0 saturated heterocycles. The number of phenolic OH excluding ortho intramolecular Hbond substituents is 1. The van der Waals surface area contributed by atoms with Crippen molar-refractivity contribution in [2.24, 2.45) is 0 Å². The molecular formula is C10H14ClNO4S. The first-order valence-corrected chi connectivity index (χ1v) is 6.74. The molecule has 0 bridgehead atoms. The quantitative estimate of drug-likeness (QED) is 0.643. The maximum atomic E-state index is 12.1. The highest BCUT2D eigenvalue weighted by Gasteiger charge is 2.29. The molecule has 0 unspecified atom stereocenters. The standard InChI is InChI=1S/C10H14ClNO4S/c1-6(5-16-2)17(14,15)10-7(11)3-4-8(12)9(10)13/h3-4,6,13H,5,12H2,1-2H3/t6-/m1/s1. The third kappa shape index (κ3) is 2.65. The van der Waals surface area contributed by atoms with E-state index in [-0.39, 0.29) is 22.2 Å². The number of phenols is 1. The summed E-state index contributed by atoms with van der Waals surface area (Å²) < 4.78 is 29.1. The summed E-state index contributed by atoms with van der Waals surface area (Å²) in [4.78, 5) is -0.344. The number of rotatable bonds is 4. The van der Waals surface area contributed by atoms with Crippen molar-refractivity contribution in [3.8, 4) is 5.75 Å². The Bertz CT molecular complexity index is 515. The smallest absolute Gasteiger partial charge is 0.188 e. The molecule has 0 aliphatic heterocycles. The number of sulfone groups is 1. The normalized spacial score (nSPS) is 13.6. The number of anilines is 1. The van der Waals surface area contributed by atoms with Crippen molar-refractivity contribution in [3.05, 3.63) is 17.2 Å². The lowest BCUT2D eigenvalue weighted by Gasteiger charge is -2.15. The third-order valence-electron chi connectivity index (χ3n) is 2.33. The number of nitrogens with two attached hydrogens (primary N) is 1. The summed E-state index contributed by atoms with van der Waals surface area (Å²) in [5, 5.41) is 8.82. The molecule has 3 N–H and O–H groups in total. The Labute approximate surface area is 105 Å². The predicted molar refractivity (Wildman–Crippen MR) is 66.1 cm³/mol. The molecule has 1 aromatic carbocycles. The lowest BCUT2D eigenvalue weighted by molar-refractivity contribution is 0.200. The van der Waals surface area contributed by atoms with Gasteiger partial charge in [0.2, 0.25) is 0 Å². The molecule has 7 heteroatoms. The molecular weight excluding hydrogens is 266 g/mol. The molecule has 1 rings (SSSR count). The van der Waals surface area contributed by atoms with E-state index in [9.17, 15) is 13.5 Å². The molecule has 0 spiro atoms. The number of benzene rings is 1. The van der Waals surface area contributed by atoms with Crippen molar-refractivity contribution in [2.45, 2.75) is 17.1 Å². The first kappa shape index (κ1) is 14.1. The van der Waals surface area contributed by atoms with E-state index >= 15 is 0 Å². The SMILES string of the molecule is COC[C@@H](C)S(=O)(=O)c1c(Cl)ccc(N)c1O. The monoisotopic (exact) mass is 279 g/mol. The van der Waals surface area contributed by atoms with Gasteiger partial charge in [-0.2, -0.15) is 0 Å². The van der Waals surface area contributed by atoms with Gasteiger partial charge in [0.25, 0.3) is 0 Å². The fraction of sp³-hybridized carbons (Fsp3) is 0.400. The molecule has 0 radical (unpaired) electrons. The Morgan fingerprint density at radius 3 is 2.65 bits per heavy atom. The zero-order valence-electron chi connectivity index (χ0n) is 9.47. The Kier molecular flexibility index (Phi) is 4.24. The van der Waals surface area contributed by atoms with Crippen LogP contribution in [0, 0.1) is 0 Å². The maximum absolute atomic E-state index is 12.1. The molecule has 0 aromatic heterocycles. The summed E-state index contributed by atoms with van der Waals surface area (Å²) >= 11 is 5.79. The average molecular weight is 280 g/mol. The Balaban J connectivity index is 3.38. The van der Waals surface area contributed by atoms with Crippen LogP contribution in [0.1, 0.15) is 6.92 Å². The highest BCUT2D eigenvalue weighted by atomic mass is 35.5. The fourth-order valence-electron chi connectivity index (χ4n) is 1.36. The average Bonchev–Trinajstić information content (AvgIpc) is 2.24. The van der Waals surface area contributed by atoms with Gasteiger partial charge in [0.15, 0.2) is 15.6 Å². The van der Waals surface area contributed by atoms with Crippen LogP contribution >= 0.6 is 11.6 Å². The van der Waals surface area contributed by atoms with Gasteiger partial charge in [0, 0.05) is 7.11 Å². The second-order valence-electron chi connectivity index (χ2n) is 3.63. The van der Waals surface area contributed by atoms with E-state index in [2.05, 4.69) is 0 Å². The van der Waals surface area contributed by atoms with Gasteiger partial charge in [0.05, 0.1) is 22.6 Å². The molecule has 0 aliphatic carbocycles. The third-order valence-corrected chi connectivity index (χ3v) is 4.94. The van der Waals surface area contributed by atoms with Crippen LogP contribution in [0.4, 0.5) is 5.69 Å². The first-order valence-electron chi connectivity index (χ1n) is 4.82. The number of nitrogen functional groups attached to an aromatic ring is 1. The van der Waals surface area contributed by atoms with Crippen LogP contribution in [0.3, 0.4) is 0 Å². The van der Waals surface area contributed by atoms with Gasteiger partial charge >= 0.3 is 0 Å². The zero-order chi connectivity index (χ0) is 13.2. The van der Waals surface area contributed by atoms with Crippen molar-refractivity contribution >= 4 is 27.1 Å². The van der Waals surface area contributed by atoms with E-state index in [0.29, 0.717) is 0 Å². The summed E-state index contributed by atoms with van der Waals surface area (Å²) in [5.41, 5.74) is 5.43. The number of halogens is 1. The van der Waals surface area contributed by atoms with Gasteiger partial charge in [0.1, 0.15) is 4.90 Å². The van der Waals surface area contributed by atoms with E-state index in [4.69, 9.17) is 22.1 Å². The molecule has 96 valence electrons. The molecule has 0 amide bonds. The van der Waals surface area contributed by atoms with Crippen LogP contribution in [0.15, 0.2) is 17.0 Å². The summed E-state index contributed by atoms with van der Waals surface area (Å²) in [7, 11) is -2.38. The van der Waals surface area contributed by atoms with Gasteiger partial charge in [-0.25, -0.2) is 8.42 Å². The minimum absolute atomic E-state index is 0.00685. The second kappa shape index (κ2) is 5.12. The van der Waals surface area contributed by atoms with Crippen LogP contribution in [-0.2, 0) is 14.6 Å². The predicted octanol–water partition coefficient (Wildman–Crippen LogP) is 1.44. The lowest BCUT2D eigenvalue weighted by Crippen LogP contribution is -2.23. The zero-order valence-corrected chi connectivity index (χ0v) is 11.0. The topological polar surface area (TPSA) is 89.6 Å².